The van der Waals surface area contributed by atoms with Crippen molar-refractivity contribution >= 4 is 0 Å². The lowest BCUT2D eigenvalue weighted by atomic mass is 9.92. The molecule has 2 atom stereocenters. The standard InChI is InChI=1S/C14H27N3/c1-6-17-14(9-12(5)16-17)13(15)8-11(4)7-10(2)3/h9-11,13H,6-8,15H2,1-5H3. The predicted molar refractivity (Wildman–Crippen MR) is 72.8 cm³/mol. The first-order valence-electron chi connectivity index (χ1n) is 6.73. The molecule has 0 radical (unpaired) electrons. The van der Waals surface area contributed by atoms with Crippen LogP contribution in [0.2, 0.25) is 0 Å². The van der Waals surface area contributed by atoms with E-state index in [9.17, 15) is 0 Å². The van der Waals surface area contributed by atoms with E-state index in [0.29, 0.717) is 5.92 Å². The van der Waals surface area contributed by atoms with Gasteiger partial charge < -0.3 is 5.73 Å². The smallest absolute Gasteiger partial charge is 0.0597 e. The molecule has 1 aromatic heterocycles. The molecule has 0 amide bonds. The number of nitrogens with two attached hydrogens (primary N) is 1. The van der Waals surface area contributed by atoms with Gasteiger partial charge in [-0.1, -0.05) is 20.8 Å². The molecule has 1 heterocycles. The summed E-state index contributed by atoms with van der Waals surface area (Å²) >= 11 is 0. The van der Waals surface area contributed by atoms with Crippen molar-refractivity contribution < 1.29 is 0 Å². The van der Waals surface area contributed by atoms with Gasteiger partial charge in [-0.3, -0.25) is 4.68 Å². The average Bonchev–Trinajstić information content (AvgIpc) is 2.58. The van der Waals surface area contributed by atoms with Gasteiger partial charge in [-0.2, -0.15) is 5.10 Å². The summed E-state index contributed by atoms with van der Waals surface area (Å²) in [7, 11) is 0. The van der Waals surface area contributed by atoms with Crippen LogP contribution in [-0.4, -0.2) is 9.78 Å². The first-order chi connectivity index (χ1) is 7.93. The first kappa shape index (κ1) is 14.2. The molecule has 17 heavy (non-hydrogen) atoms. The molecule has 0 fully saturated rings. The largest absolute Gasteiger partial charge is 0.323 e. The van der Waals surface area contributed by atoms with E-state index in [1.165, 1.54) is 12.1 Å². The minimum Gasteiger partial charge on any atom is -0.323 e. The summed E-state index contributed by atoms with van der Waals surface area (Å²) in [6, 6.07) is 2.24. The van der Waals surface area contributed by atoms with Crippen LogP contribution < -0.4 is 5.73 Å². The molecular formula is C14H27N3. The van der Waals surface area contributed by atoms with Gasteiger partial charge in [0, 0.05) is 12.6 Å². The molecule has 0 spiro atoms. The Morgan fingerprint density at radius 1 is 1.29 bits per heavy atom. The Morgan fingerprint density at radius 2 is 1.94 bits per heavy atom. The van der Waals surface area contributed by atoms with Gasteiger partial charge in [-0.25, -0.2) is 0 Å². The van der Waals surface area contributed by atoms with Gasteiger partial charge in [0.1, 0.15) is 0 Å². The Bertz CT molecular complexity index is 341. The third-order valence-corrected chi connectivity index (χ3v) is 3.14. The summed E-state index contributed by atoms with van der Waals surface area (Å²) in [5, 5.41) is 4.46. The normalized spacial score (nSPS) is 15.2. The van der Waals surface area contributed by atoms with Crippen molar-refractivity contribution in [2.75, 3.05) is 0 Å². The highest BCUT2D eigenvalue weighted by Crippen LogP contribution is 2.24. The second-order valence-corrected chi connectivity index (χ2v) is 5.60. The quantitative estimate of drug-likeness (QED) is 0.825. The van der Waals surface area contributed by atoms with E-state index in [1.807, 2.05) is 11.6 Å². The fourth-order valence-corrected chi connectivity index (χ4v) is 2.57. The lowest BCUT2D eigenvalue weighted by Gasteiger charge is -2.19. The van der Waals surface area contributed by atoms with E-state index < -0.39 is 0 Å². The van der Waals surface area contributed by atoms with E-state index in [1.54, 1.807) is 0 Å². The SMILES string of the molecule is CCn1nc(C)cc1C(N)CC(C)CC(C)C. The summed E-state index contributed by atoms with van der Waals surface area (Å²) < 4.78 is 2.03. The maximum atomic E-state index is 6.30. The van der Waals surface area contributed by atoms with E-state index in [4.69, 9.17) is 5.73 Å². The van der Waals surface area contributed by atoms with Gasteiger partial charge >= 0.3 is 0 Å². The molecule has 2 unspecified atom stereocenters. The zero-order valence-electron chi connectivity index (χ0n) is 11.9. The maximum absolute atomic E-state index is 6.30. The molecule has 0 aliphatic heterocycles. The Morgan fingerprint density at radius 3 is 2.47 bits per heavy atom. The van der Waals surface area contributed by atoms with Crippen molar-refractivity contribution in [3.05, 3.63) is 17.5 Å². The van der Waals surface area contributed by atoms with Crippen LogP contribution in [0, 0.1) is 18.8 Å². The fourth-order valence-electron chi connectivity index (χ4n) is 2.57. The Kier molecular flexibility index (Phi) is 5.19. The average molecular weight is 237 g/mol. The molecule has 1 aromatic rings. The van der Waals surface area contributed by atoms with Crippen molar-refractivity contribution in [2.24, 2.45) is 17.6 Å². The highest BCUT2D eigenvalue weighted by Gasteiger charge is 2.16. The number of aromatic nitrogens is 2. The lowest BCUT2D eigenvalue weighted by molar-refractivity contribution is 0.378. The number of hydrogen-bond donors (Lipinski definition) is 1. The highest BCUT2D eigenvalue weighted by atomic mass is 15.3. The van der Waals surface area contributed by atoms with Crippen molar-refractivity contribution in [1.82, 2.24) is 9.78 Å². The maximum Gasteiger partial charge on any atom is 0.0597 e. The van der Waals surface area contributed by atoms with Crippen LogP contribution in [0.3, 0.4) is 0 Å². The van der Waals surface area contributed by atoms with Gasteiger partial charge in [0.2, 0.25) is 0 Å². The number of rotatable bonds is 6. The Balaban J connectivity index is 2.65. The first-order valence-corrected chi connectivity index (χ1v) is 6.73. The van der Waals surface area contributed by atoms with Crippen LogP contribution in [0.5, 0.6) is 0 Å². The molecule has 2 N–H and O–H groups in total. The molecule has 98 valence electrons. The van der Waals surface area contributed by atoms with Crippen molar-refractivity contribution in [2.45, 2.75) is 60.0 Å². The Hall–Kier alpha value is -0.830. The van der Waals surface area contributed by atoms with Gasteiger partial charge in [-0.15, -0.1) is 0 Å². The summed E-state index contributed by atoms with van der Waals surface area (Å²) in [4.78, 5) is 0. The number of hydrogen-bond acceptors (Lipinski definition) is 2. The molecule has 0 saturated heterocycles. The van der Waals surface area contributed by atoms with Gasteiger partial charge in [0.05, 0.1) is 11.4 Å². The fraction of sp³-hybridized carbons (Fsp3) is 0.786. The van der Waals surface area contributed by atoms with Crippen molar-refractivity contribution in [3.8, 4) is 0 Å². The van der Waals surface area contributed by atoms with Crippen LogP contribution in [0.25, 0.3) is 0 Å². The second kappa shape index (κ2) is 6.20. The van der Waals surface area contributed by atoms with Gasteiger partial charge in [0.15, 0.2) is 0 Å². The summed E-state index contributed by atoms with van der Waals surface area (Å²) in [6.45, 7) is 11.9. The van der Waals surface area contributed by atoms with E-state index >= 15 is 0 Å². The molecule has 0 aliphatic rings. The van der Waals surface area contributed by atoms with E-state index in [0.717, 1.165) is 24.6 Å². The van der Waals surface area contributed by atoms with Crippen LogP contribution in [0.4, 0.5) is 0 Å². The zero-order chi connectivity index (χ0) is 13.0. The van der Waals surface area contributed by atoms with Crippen molar-refractivity contribution in [1.29, 1.82) is 0 Å². The minimum absolute atomic E-state index is 0.116. The highest BCUT2D eigenvalue weighted by molar-refractivity contribution is 5.13. The summed E-state index contributed by atoms with van der Waals surface area (Å²) in [5.41, 5.74) is 8.55. The minimum atomic E-state index is 0.116. The molecule has 0 aliphatic carbocycles. The number of nitrogens with zero attached hydrogens (tertiary/aromatic N) is 2. The molecule has 3 heteroatoms. The van der Waals surface area contributed by atoms with Crippen LogP contribution in [0.15, 0.2) is 6.07 Å². The predicted octanol–water partition coefficient (Wildman–Crippen LogP) is 3.28. The zero-order valence-corrected chi connectivity index (χ0v) is 11.9. The molecule has 0 bridgehead atoms. The van der Waals surface area contributed by atoms with Gasteiger partial charge in [0.25, 0.3) is 0 Å². The van der Waals surface area contributed by atoms with E-state index in [2.05, 4.69) is 38.9 Å². The molecule has 0 saturated carbocycles. The topological polar surface area (TPSA) is 43.8 Å². The third-order valence-electron chi connectivity index (χ3n) is 3.14. The Labute approximate surface area is 105 Å². The summed E-state index contributed by atoms with van der Waals surface area (Å²) in [5.74, 6) is 1.42. The van der Waals surface area contributed by atoms with Gasteiger partial charge in [-0.05, 0) is 44.6 Å². The molecule has 0 aromatic carbocycles. The van der Waals surface area contributed by atoms with Crippen LogP contribution in [0.1, 0.15) is 58.0 Å². The summed E-state index contributed by atoms with van der Waals surface area (Å²) in [6.07, 6.45) is 2.29. The monoisotopic (exact) mass is 237 g/mol. The molecular weight excluding hydrogens is 210 g/mol. The van der Waals surface area contributed by atoms with Crippen LogP contribution in [-0.2, 0) is 6.54 Å². The third kappa shape index (κ3) is 4.15. The van der Waals surface area contributed by atoms with E-state index in [-0.39, 0.29) is 6.04 Å². The second-order valence-electron chi connectivity index (χ2n) is 5.60. The van der Waals surface area contributed by atoms with Crippen molar-refractivity contribution in [3.63, 3.8) is 0 Å². The molecule has 1 rings (SSSR count). The van der Waals surface area contributed by atoms with Crippen LogP contribution >= 0.6 is 0 Å². The number of aryl methyl sites for hydroxylation is 2. The lowest BCUT2D eigenvalue weighted by Crippen LogP contribution is -2.19. The molecule has 3 nitrogen and oxygen atoms in total.